The van der Waals surface area contributed by atoms with Crippen LogP contribution in [0.5, 0.6) is 0 Å². The summed E-state index contributed by atoms with van der Waals surface area (Å²) in [5.41, 5.74) is -2.34. The SMILES string of the molecule is C=CC12CCC(O)(CC1)C(F)=C2F. The number of allylic oxidation sites excluding steroid dienone is 2. The van der Waals surface area contributed by atoms with E-state index in [4.69, 9.17) is 0 Å². The fourth-order valence-electron chi connectivity index (χ4n) is 2.27. The molecule has 2 bridgehead atoms. The van der Waals surface area contributed by atoms with Gasteiger partial charge in [-0.3, -0.25) is 0 Å². The largest absolute Gasteiger partial charge is 0.383 e. The topological polar surface area (TPSA) is 20.2 Å². The van der Waals surface area contributed by atoms with Crippen molar-refractivity contribution in [2.24, 2.45) is 5.41 Å². The second kappa shape index (κ2) is 2.41. The van der Waals surface area contributed by atoms with Gasteiger partial charge in [-0.1, -0.05) is 6.08 Å². The van der Waals surface area contributed by atoms with E-state index >= 15 is 0 Å². The van der Waals surface area contributed by atoms with E-state index < -0.39 is 22.7 Å². The predicted octanol–water partition coefficient (Wildman–Crippen LogP) is 2.63. The fourth-order valence-corrected chi connectivity index (χ4v) is 2.27. The lowest BCUT2D eigenvalue weighted by atomic mass is 9.62. The number of hydrogen-bond acceptors (Lipinski definition) is 1. The summed E-state index contributed by atoms with van der Waals surface area (Å²) >= 11 is 0. The van der Waals surface area contributed by atoms with Gasteiger partial charge in [0.2, 0.25) is 0 Å². The fraction of sp³-hybridized carbons (Fsp3) is 0.600. The molecule has 1 nitrogen and oxygen atoms in total. The van der Waals surface area contributed by atoms with Crippen molar-refractivity contribution in [1.82, 2.24) is 0 Å². The maximum atomic E-state index is 13.4. The van der Waals surface area contributed by atoms with Gasteiger partial charge in [0.15, 0.2) is 5.83 Å². The van der Waals surface area contributed by atoms with Gasteiger partial charge in [-0.15, -0.1) is 6.58 Å². The third kappa shape index (κ3) is 0.937. The monoisotopic (exact) mass is 186 g/mol. The number of rotatable bonds is 1. The third-order valence-corrected chi connectivity index (χ3v) is 3.40. The average Bonchev–Trinajstić information content (AvgIpc) is 2.16. The Bertz CT molecular complexity index is 285. The summed E-state index contributed by atoms with van der Waals surface area (Å²) < 4.78 is 26.7. The van der Waals surface area contributed by atoms with Gasteiger partial charge in [-0.25, -0.2) is 8.78 Å². The molecular weight excluding hydrogens is 174 g/mol. The molecule has 1 saturated carbocycles. The van der Waals surface area contributed by atoms with Crippen LogP contribution in [0.15, 0.2) is 24.3 Å². The van der Waals surface area contributed by atoms with Crippen molar-refractivity contribution in [3.05, 3.63) is 24.3 Å². The van der Waals surface area contributed by atoms with E-state index in [2.05, 4.69) is 6.58 Å². The van der Waals surface area contributed by atoms with Crippen molar-refractivity contribution in [2.45, 2.75) is 31.3 Å². The maximum absolute atomic E-state index is 13.4. The first-order valence-corrected chi connectivity index (χ1v) is 4.46. The van der Waals surface area contributed by atoms with Crippen LogP contribution in [0.4, 0.5) is 8.78 Å². The zero-order chi connectivity index (χ0) is 9.69. The highest BCUT2D eigenvalue weighted by Gasteiger charge is 2.53. The molecule has 3 aliphatic carbocycles. The molecule has 0 heterocycles. The summed E-state index contributed by atoms with van der Waals surface area (Å²) in [5, 5.41) is 9.66. The minimum absolute atomic E-state index is 0.304. The van der Waals surface area contributed by atoms with Crippen molar-refractivity contribution in [3.8, 4) is 0 Å². The smallest absolute Gasteiger partial charge is 0.164 e. The molecule has 13 heavy (non-hydrogen) atoms. The summed E-state index contributed by atoms with van der Waals surface area (Å²) in [4.78, 5) is 0. The lowest BCUT2D eigenvalue weighted by molar-refractivity contribution is -0.0340. The third-order valence-electron chi connectivity index (χ3n) is 3.40. The van der Waals surface area contributed by atoms with Gasteiger partial charge in [0, 0.05) is 5.41 Å². The number of aliphatic hydroxyl groups is 1. The quantitative estimate of drug-likeness (QED) is 0.624. The molecule has 0 aromatic rings. The molecule has 0 aromatic carbocycles. The highest BCUT2D eigenvalue weighted by atomic mass is 19.2. The Hall–Kier alpha value is -0.700. The maximum Gasteiger partial charge on any atom is 0.164 e. The van der Waals surface area contributed by atoms with Gasteiger partial charge in [0.25, 0.3) is 0 Å². The van der Waals surface area contributed by atoms with Crippen molar-refractivity contribution in [3.63, 3.8) is 0 Å². The number of hydrogen-bond donors (Lipinski definition) is 1. The van der Waals surface area contributed by atoms with E-state index in [1.807, 2.05) is 0 Å². The molecule has 3 heteroatoms. The molecule has 0 atom stereocenters. The van der Waals surface area contributed by atoms with Gasteiger partial charge < -0.3 is 5.11 Å². The minimum Gasteiger partial charge on any atom is -0.383 e. The van der Waals surface area contributed by atoms with Crippen molar-refractivity contribution in [2.75, 3.05) is 0 Å². The Morgan fingerprint density at radius 2 is 1.69 bits per heavy atom. The van der Waals surface area contributed by atoms with Crippen LogP contribution in [-0.4, -0.2) is 10.7 Å². The lowest BCUT2D eigenvalue weighted by Crippen LogP contribution is -2.45. The van der Waals surface area contributed by atoms with E-state index in [1.165, 1.54) is 6.08 Å². The zero-order valence-electron chi connectivity index (χ0n) is 7.32. The molecule has 1 N–H and O–H groups in total. The van der Waals surface area contributed by atoms with Gasteiger partial charge in [-0.2, -0.15) is 0 Å². The summed E-state index contributed by atoms with van der Waals surface area (Å²) in [5.74, 6) is -1.77. The van der Waals surface area contributed by atoms with Gasteiger partial charge in [0.1, 0.15) is 11.4 Å². The van der Waals surface area contributed by atoms with Crippen molar-refractivity contribution < 1.29 is 13.9 Å². The second-order valence-corrected chi connectivity index (χ2v) is 4.02. The van der Waals surface area contributed by atoms with Gasteiger partial charge in [0.05, 0.1) is 0 Å². The summed E-state index contributed by atoms with van der Waals surface area (Å²) in [6.45, 7) is 3.54. The summed E-state index contributed by atoms with van der Waals surface area (Å²) in [6.07, 6.45) is 3.01. The second-order valence-electron chi connectivity index (χ2n) is 4.02. The molecule has 0 aromatic heterocycles. The van der Waals surface area contributed by atoms with Crippen LogP contribution >= 0.6 is 0 Å². The van der Waals surface area contributed by atoms with Crippen LogP contribution in [0.3, 0.4) is 0 Å². The van der Waals surface area contributed by atoms with E-state index in [1.54, 1.807) is 0 Å². The average molecular weight is 186 g/mol. The van der Waals surface area contributed by atoms with Gasteiger partial charge >= 0.3 is 0 Å². The van der Waals surface area contributed by atoms with E-state index in [0.717, 1.165) is 0 Å². The van der Waals surface area contributed by atoms with E-state index in [0.29, 0.717) is 25.7 Å². The molecule has 1 fully saturated rings. The lowest BCUT2D eigenvalue weighted by Gasteiger charge is -2.46. The van der Waals surface area contributed by atoms with Gasteiger partial charge in [-0.05, 0) is 25.7 Å². The predicted molar refractivity (Wildman–Crippen MR) is 45.3 cm³/mol. The molecule has 72 valence electrons. The summed E-state index contributed by atoms with van der Waals surface area (Å²) in [7, 11) is 0. The molecule has 0 saturated heterocycles. The van der Waals surface area contributed by atoms with Crippen LogP contribution < -0.4 is 0 Å². The minimum atomic E-state index is -1.52. The molecule has 0 amide bonds. The molecular formula is C10H12F2O. The number of halogens is 2. The molecule has 0 unspecified atom stereocenters. The molecule has 0 spiro atoms. The van der Waals surface area contributed by atoms with Crippen molar-refractivity contribution >= 4 is 0 Å². The first-order valence-electron chi connectivity index (χ1n) is 4.46. The van der Waals surface area contributed by atoms with E-state index in [9.17, 15) is 13.9 Å². The Kier molecular flexibility index (Phi) is 1.65. The Labute approximate surface area is 75.8 Å². The van der Waals surface area contributed by atoms with Crippen LogP contribution in [0.2, 0.25) is 0 Å². The first kappa shape index (κ1) is 8.88. The van der Waals surface area contributed by atoms with E-state index in [-0.39, 0.29) is 0 Å². The van der Waals surface area contributed by atoms with Crippen LogP contribution in [0.1, 0.15) is 25.7 Å². The Morgan fingerprint density at radius 3 is 2.15 bits per heavy atom. The van der Waals surface area contributed by atoms with Crippen LogP contribution in [0, 0.1) is 5.41 Å². The highest BCUT2D eigenvalue weighted by Crippen LogP contribution is 2.56. The summed E-state index contributed by atoms with van der Waals surface area (Å²) in [6, 6.07) is 0. The normalized spacial score (nSPS) is 43.9. The first-order chi connectivity index (χ1) is 6.04. The number of fused-ring (bicyclic) bond motifs is 2. The van der Waals surface area contributed by atoms with Crippen molar-refractivity contribution in [1.29, 1.82) is 0 Å². The molecule has 0 aliphatic heterocycles. The van der Waals surface area contributed by atoms with Crippen LogP contribution in [-0.2, 0) is 0 Å². The zero-order valence-corrected chi connectivity index (χ0v) is 7.32. The Morgan fingerprint density at radius 1 is 1.15 bits per heavy atom. The highest BCUT2D eigenvalue weighted by molar-refractivity contribution is 5.32. The Balaban J connectivity index is 2.54. The molecule has 3 rings (SSSR count). The molecule has 3 aliphatic rings. The standard InChI is InChI=1S/C10H12F2O/c1-2-9-3-5-10(13,6-4-9)8(12)7(9)11/h2,13H,1,3-6H2. The molecule has 0 radical (unpaired) electrons. The van der Waals surface area contributed by atoms with Crippen LogP contribution in [0.25, 0.3) is 0 Å².